The number of benzene rings is 1. The molecular weight excluding hydrogens is 363 g/mol. The molecule has 0 amide bonds. The van der Waals surface area contributed by atoms with Gasteiger partial charge >= 0.3 is 12.4 Å². The fraction of sp³-hybridized carbons (Fsp3) is 0.600. The van der Waals surface area contributed by atoms with E-state index in [9.17, 15) is 30.7 Å². The largest absolute Gasteiger partial charge is 0.416 e. The van der Waals surface area contributed by atoms with E-state index < -0.39 is 40.9 Å². The van der Waals surface area contributed by atoms with Crippen LogP contribution in [0.4, 0.5) is 30.7 Å². The molecule has 0 heterocycles. The molecule has 0 aromatic heterocycles. The Kier molecular flexibility index (Phi) is 6.55. The maximum Gasteiger partial charge on any atom is 0.416 e. The molecule has 9 heteroatoms. The molecule has 0 spiro atoms. The number of hydrogen-bond acceptors (Lipinski definition) is 1. The zero-order valence-corrected chi connectivity index (χ0v) is 13.3. The Balaban J connectivity index is 0.00000288. The average Bonchev–Trinajstić information content (AvgIpc) is 2.44. The average molecular weight is 380 g/mol. The molecule has 1 aliphatic rings. The Bertz CT molecular complexity index is 562. The molecule has 0 bridgehead atoms. The van der Waals surface area contributed by atoms with Gasteiger partial charge in [0.1, 0.15) is 5.82 Å². The Labute approximate surface area is 140 Å². The number of hydrogen-bond donors (Lipinski definition) is 1. The van der Waals surface area contributed by atoms with Crippen molar-refractivity contribution in [1.82, 2.24) is 0 Å². The van der Waals surface area contributed by atoms with Crippen LogP contribution in [0.2, 0.25) is 0 Å². The summed E-state index contributed by atoms with van der Waals surface area (Å²) in [6.07, 6.45) is -6.63. The van der Waals surface area contributed by atoms with Gasteiger partial charge in [0.2, 0.25) is 0 Å². The summed E-state index contributed by atoms with van der Waals surface area (Å²) in [4.78, 5) is 0. The highest BCUT2D eigenvalue weighted by Crippen LogP contribution is 2.43. The van der Waals surface area contributed by atoms with Gasteiger partial charge in [0.05, 0.1) is 11.1 Å². The predicted octanol–water partition coefficient (Wildman–Crippen LogP) is 5.87. The number of halogens is 8. The summed E-state index contributed by atoms with van der Waals surface area (Å²) in [5.41, 5.74) is 1.64. The van der Waals surface area contributed by atoms with Crippen LogP contribution < -0.4 is 5.73 Å². The minimum atomic E-state index is -5.11. The van der Waals surface area contributed by atoms with E-state index in [0.29, 0.717) is 12.8 Å². The van der Waals surface area contributed by atoms with Gasteiger partial charge in [0.25, 0.3) is 0 Å². The van der Waals surface area contributed by atoms with E-state index in [1.165, 1.54) is 0 Å². The van der Waals surface area contributed by atoms with E-state index in [1.54, 1.807) is 0 Å². The molecule has 2 N–H and O–H groups in total. The van der Waals surface area contributed by atoms with Crippen molar-refractivity contribution in [3.63, 3.8) is 0 Å². The molecule has 0 radical (unpaired) electrons. The normalized spacial score (nSPS) is 18.2. The van der Waals surface area contributed by atoms with E-state index in [4.69, 9.17) is 5.73 Å². The van der Waals surface area contributed by atoms with Crippen molar-refractivity contribution in [3.05, 3.63) is 34.6 Å². The Morgan fingerprint density at radius 2 is 1.46 bits per heavy atom. The second-order valence-corrected chi connectivity index (χ2v) is 5.84. The Hall–Kier alpha value is -1.02. The molecule has 2 rings (SSSR count). The van der Waals surface area contributed by atoms with Crippen LogP contribution in [-0.4, -0.2) is 0 Å². The summed E-state index contributed by atoms with van der Waals surface area (Å²) in [6.45, 7) is 0. The van der Waals surface area contributed by atoms with Crippen LogP contribution in [0.15, 0.2) is 12.1 Å². The second-order valence-electron chi connectivity index (χ2n) is 5.84. The highest BCUT2D eigenvalue weighted by molar-refractivity contribution is 5.85. The summed E-state index contributed by atoms with van der Waals surface area (Å²) < 4.78 is 91.5. The molecule has 0 aliphatic heterocycles. The van der Waals surface area contributed by atoms with Gasteiger partial charge in [-0.2, -0.15) is 26.3 Å². The summed E-state index contributed by atoms with van der Waals surface area (Å²) >= 11 is 0. The predicted molar refractivity (Wildman–Crippen MR) is 77.2 cm³/mol. The van der Waals surface area contributed by atoms with E-state index >= 15 is 0 Å². The van der Waals surface area contributed by atoms with Gasteiger partial charge in [0, 0.05) is 11.6 Å². The van der Waals surface area contributed by atoms with Gasteiger partial charge in [-0.25, -0.2) is 4.39 Å². The minimum absolute atomic E-state index is 0. The van der Waals surface area contributed by atoms with Crippen LogP contribution in [0.1, 0.15) is 54.8 Å². The van der Waals surface area contributed by atoms with E-state index in [-0.39, 0.29) is 30.5 Å². The van der Waals surface area contributed by atoms with Crippen molar-refractivity contribution in [3.8, 4) is 0 Å². The smallest absolute Gasteiger partial charge is 0.324 e. The van der Waals surface area contributed by atoms with Gasteiger partial charge in [-0.05, 0) is 30.9 Å². The first-order valence-electron chi connectivity index (χ1n) is 7.25. The molecule has 138 valence electrons. The third-order valence-electron chi connectivity index (χ3n) is 4.25. The minimum Gasteiger partial charge on any atom is -0.324 e. The van der Waals surface area contributed by atoms with Crippen LogP contribution in [0.5, 0.6) is 0 Å². The SMILES string of the molecule is Cl.N[C@H](c1c(F)cc(C(F)(F)F)cc1C(F)(F)F)C1CCCCC1. The van der Waals surface area contributed by atoms with Crippen LogP contribution in [0.3, 0.4) is 0 Å². The summed E-state index contributed by atoms with van der Waals surface area (Å²) in [6, 6.07) is -1.23. The molecule has 1 aromatic rings. The maximum atomic E-state index is 14.1. The van der Waals surface area contributed by atoms with Crippen molar-refractivity contribution in [1.29, 1.82) is 0 Å². The number of alkyl halides is 6. The zero-order valence-electron chi connectivity index (χ0n) is 12.5. The number of nitrogens with two attached hydrogens (primary N) is 1. The molecule has 1 aromatic carbocycles. The Morgan fingerprint density at radius 3 is 1.92 bits per heavy atom. The second kappa shape index (κ2) is 7.47. The van der Waals surface area contributed by atoms with Crippen molar-refractivity contribution < 1.29 is 30.7 Å². The van der Waals surface area contributed by atoms with Crippen LogP contribution in [0, 0.1) is 11.7 Å². The van der Waals surface area contributed by atoms with Crippen molar-refractivity contribution in [2.45, 2.75) is 50.5 Å². The lowest BCUT2D eigenvalue weighted by Crippen LogP contribution is -2.28. The molecule has 1 fully saturated rings. The highest BCUT2D eigenvalue weighted by atomic mass is 35.5. The van der Waals surface area contributed by atoms with E-state index in [0.717, 1.165) is 19.3 Å². The van der Waals surface area contributed by atoms with E-state index in [1.807, 2.05) is 0 Å². The molecule has 1 nitrogen and oxygen atoms in total. The zero-order chi connectivity index (χ0) is 17.4. The third-order valence-corrected chi connectivity index (χ3v) is 4.25. The lowest BCUT2D eigenvalue weighted by molar-refractivity contribution is -0.144. The first-order chi connectivity index (χ1) is 10.5. The topological polar surface area (TPSA) is 26.0 Å². The third kappa shape index (κ3) is 4.53. The molecule has 1 atom stereocenters. The fourth-order valence-electron chi connectivity index (χ4n) is 3.08. The lowest BCUT2D eigenvalue weighted by Gasteiger charge is -2.30. The van der Waals surface area contributed by atoms with Gasteiger partial charge < -0.3 is 5.73 Å². The van der Waals surface area contributed by atoms with Gasteiger partial charge in [-0.1, -0.05) is 19.3 Å². The molecular formula is C15H17ClF7N. The summed E-state index contributed by atoms with van der Waals surface area (Å²) in [5, 5.41) is 0. The fourth-order valence-corrected chi connectivity index (χ4v) is 3.08. The molecule has 1 saturated carbocycles. The van der Waals surface area contributed by atoms with Crippen LogP contribution in [0.25, 0.3) is 0 Å². The first-order valence-corrected chi connectivity index (χ1v) is 7.25. The van der Waals surface area contributed by atoms with Crippen molar-refractivity contribution in [2.75, 3.05) is 0 Å². The van der Waals surface area contributed by atoms with Gasteiger partial charge in [-0.3, -0.25) is 0 Å². The van der Waals surface area contributed by atoms with Gasteiger partial charge in [0.15, 0.2) is 0 Å². The molecule has 0 saturated heterocycles. The van der Waals surface area contributed by atoms with Crippen molar-refractivity contribution in [2.24, 2.45) is 11.7 Å². The standard InChI is InChI=1S/C15H16F7N.ClH/c16-11-7-9(14(17,18)19)6-10(15(20,21)22)12(11)13(23)8-4-2-1-3-5-8;/h6-8,13H,1-5,23H2;1H/t13-;/m0./s1. The lowest BCUT2D eigenvalue weighted by atomic mass is 9.80. The Morgan fingerprint density at radius 1 is 0.917 bits per heavy atom. The van der Waals surface area contributed by atoms with E-state index in [2.05, 4.69) is 0 Å². The van der Waals surface area contributed by atoms with Crippen LogP contribution in [-0.2, 0) is 12.4 Å². The number of rotatable bonds is 2. The maximum absolute atomic E-state index is 14.1. The van der Waals surface area contributed by atoms with Gasteiger partial charge in [-0.15, -0.1) is 12.4 Å². The first kappa shape index (κ1) is 21.0. The molecule has 0 unspecified atom stereocenters. The van der Waals surface area contributed by atoms with Crippen LogP contribution >= 0.6 is 12.4 Å². The quantitative estimate of drug-likeness (QED) is 0.639. The summed E-state index contributed by atoms with van der Waals surface area (Å²) in [7, 11) is 0. The molecule has 24 heavy (non-hydrogen) atoms. The molecule has 1 aliphatic carbocycles. The monoisotopic (exact) mass is 379 g/mol. The van der Waals surface area contributed by atoms with Crippen molar-refractivity contribution >= 4 is 12.4 Å². The summed E-state index contributed by atoms with van der Waals surface area (Å²) in [5.74, 6) is -1.92. The highest BCUT2D eigenvalue weighted by Gasteiger charge is 2.42.